The van der Waals surface area contributed by atoms with Gasteiger partial charge in [0.15, 0.2) is 0 Å². The zero-order chi connectivity index (χ0) is 21.0. The van der Waals surface area contributed by atoms with Gasteiger partial charge in [-0.05, 0) is 38.1 Å². The summed E-state index contributed by atoms with van der Waals surface area (Å²) in [6.45, 7) is 3.30. The third-order valence-corrected chi connectivity index (χ3v) is 4.79. The molecule has 0 spiro atoms. The van der Waals surface area contributed by atoms with E-state index in [2.05, 4.69) is 10.3 Å². The summed E-state index contributed by atoms with van der Waals surface area (Å²) in [5.74, 6) is 0.00979. The van der Waals surface area contributed by atoms with Crippen LogP contribution in [0.3, 0.4) is 0 Å². The number of carbonyl (C=O) groups excluding carboxylic acids is 1. The maximum Gasteiger partial charge on any atom is 0.257 e. The largest absolute Gasteiger partial charge is 0.396 e. The second kappa shape index (κ2) is 9.03. The number of hydrogen-bond acceptors (Lipinski definition) is 4. The maximum absolute atomic E-state index is 13.1. The quantitative estimate of drug-likeness (QED) is 0.651. The van der Waals surface area contributed by atoms with Crippen molar-refractivity contribution >= 4 is 23.2 Å². The molecule has 1 aromatic heterocycles. The number of aryl methyl sites for hydroxylation is 2. The van der Waals surface area contributed by atoms with Gasteiger partial charge in [0.1, 0.15) is 12.4 Å². The predicted octanol–water partition coefficient (Wildman–Crippen LogP) is 3.35. The molecule has 3 rings (SSSR count). The minimum atomic E-state index is -0.347. The third kappa shape index (κ3) is 4.91. The van der Waals surface area contributed by atoms with E-state index in [1.54, 1.807) is 43.3 Å². The Morgan fingerprint density at radius 2 is 1.90 bits per heavy atom. The number of hydrogen-bond donors (Lipinski definition) is 2. The molecule has 6 nitrogen and oxygen atoms in total. The van der Waals surface area contributed by atoms with E-state index in [4.69, 9.17) is 11.6 Å². The van der Waals surface area contributed by atoms with Crippen LogP contribution in [0.5, 0.6) is 0 Å². The lowest BCUT2D eigenvalue weighted by Gasteiger charge is -2.16. The fourth-order valence-corrected chi connectivity index (χ4v) is 3.27. The maximum atomic E-state index is 13.1. The van der Waals surface area contributed by atoms with Crippen LogP contribution < -0.4 is 10.9 Å². The van der Waals surface area contributed by atoms with Crippen LogP contribution >= 0.6 is 11.6 Å². The van der Waals surface area contributed by atoms with Gasteiger partial charge in [-0.15, -0.1) is 0 Å². The lowest BCUT2D eigenvalue weighted by atomic mass is 10.1. The molecule has 2 N–H and O–H groups in total. The highest BCUT2D eigenvalue weighted by Crippen LogP contribution is 2.21. The van der Waals surface area contributed by atoms with Crippen LogP contribution in [0, 0.1) is 13.8 Å². The van der Waals surface area contributed by atoms with Crippen LogP contribution in [0.4, 0.5) is 5.69 Å². The first-order chi connectivity index (χ1) is 13.9. The number of aliphatic hydroxyl groups is 1. The van der Waals surface area contributed by atoms with Crippen molar-refractivity contribution in [1.29, 1.82) is 0 Å². The molecule has 0 aliphatic rings. The van der Waals surface area contributed by atoms with Crippen molar-refractivity contribution in [2.75, 3.05) is 11.9 Å². The number of aromatic nitrogens is 2. The molecule has 1 amide bonds. The Morgan fingerprint density at radius 3 is 2.55 bits per heavy atom. The van der Waals surface area contributed by atoms with E-state index < -0.39 is 0 Å². The first kappa shape index (κ1) is 20.8. The Morgan fingerprint density at radius 1 is 1.17 bits per heavy atom. The Balaban J connectivity index is 2.02. The van der Waals surface area contributed by atoms with E-state index in [0.29, 0.717) is 33.4 Å². The van der Waals surface area contributed by atoms with Gasteiger partial charge < -0.3 is 10.4 Å². The molecule has 2 aromatic carbocycles. The van der Waals surface area contributed by atoms with E-state index in [0.717, 1.165) is 5.56 Å². The predicted molar refractivity (Wildman–Crippen MR) is 114 cm³/mol. The number of halogens is 1. The standard InChI is InChI=1S/C22H22ClN3O3/c1-14-6-8-18(9-7-14)25-20(28)13-26-21(16-4-3-5-17(23)12-16)24-15(2)19(10-11-27)22(26)29/h3-9,12,27H,10-11,13H2,1-2H3,(H,25,28). The summed E-state index contributed by atoms with van der Waals surface area (Å²) in [6, 6.07) is 14.4. The molecule has 0 atom stereocenters. The smallest absolute Gasteiger partial charge is 0.257 e. The van der Waals surface area contributed by atoms with Crippen molar-refractivity contribution in [3.05, 3.63) is 80.7 Å². The van der Waals surface area contributed by atoms with E-state index in [9.17, 15) is 14.7 Å². The lowest BCUT2D eigenvalue weighted by molar-refractivity contribution is -0.116. The van der Waals surface area contributed by atoms with Gasteiger partial charge in [0.2, 0.25) is 5.91 Å². The first-order valence-corrected chi connectivity index (χ1v) is 9.60. The monoisotopic (exact) mass is 411 g/mol. The summed E-state index contributed by atoms with van der Waals surface area (Å²) in [5.41, 5.74) is 2.93. The minimum Gasteiger partial charge on any atom is -0.396 e. The SMILES string of the molecule is Cc1ccc(NC(=O)Cn2c(-c3cccc(Cl)c3)nc(C)c(CCO)c2=O)cc1. The third-order valence-electron chi connectivity index (χ3n) is 4.55. The molecule has 0 aliphatic heterocycles. The molecule has 0 fully saturated rings. The highest BCUT2D eigenvalue weighted by atomic mass is 35.5. The Labute approximate surface area is 173 Å². The van der Waals surface area contributed by atoms with Crippen molar-refractivity contribution < 1.29 is 9.90 Å². The minimum absolute atomic E-state index is 0.174. The second-order valence-corrected chi connectivity index (χ2v) is 7.23. The van der Waals surface area contributed by atoms with Crippen LogP contribution in [0.1, 0.15) is 16.8 Å². The van der Waals surface area contributed by atoms with Crippen LogP contribution in [0.15, 0.2) is 53.3 Å². The normalized spacial score (nSPS) is 10.8. The number of rotatable bonds is 6. The fourth-order valence-electron chi connectivity index (χ4n) is 3.08. The molecule has 7 heteroatoms. The van der Waals surface area contributed by atoms with E-state index in [-0.39, 0.29) is 31.0 Å². The number of carbonyl (C=O) groups is 1. The van der Waals surface area contributed by atoms with E-state index in [1.165, 1.54) is 4.57 Å². The van der Waals surface area contributed by atoms with Gasteiger partial charge in [0.05, 0.1) is 0 Å². The summed E-state index contributed by atoms with van der Waals surface area (Å²) in [6.07, 6.45) is 0.174. The topological polar surface area (TPSA) is 84.2 Å². The summed E-state index contributed by atoms with van der Waals surface area (Å²) >= 11 is 6.11. The number of aliphatic hydroxyl groups excluding tert-OH is 1. The number of nitrogens with one attached hydrogen (secondary N) is 1. The Hall–Kier alpha value is -2.96. The van der Waals surface area contributed by atoms with Crippen molar-refractivity contribution in [3.63, 3.8) is 0 Å². The molecule has 29 heavy (non-hydrogen) atoms. The molecular formula is C22H22ClN3O3. The van der Waals surface area contributed by atoms with Crippen molar-refractivity contribution in [3.8, 4) is 11.4 Å². The molecule has 3 aromatic rings. The molecule has 1 heterocycles. The first-order valence-electron chi connectivity index (χ1n) is 9.22. The zero-order valence-corrected chi connectivity index (χ0v) is 17.0. The summed E-state index contributed by atoms with van der Waals surface area (Å²) in [4.78, 5) is 30.3. The van der Waals surface area contributed by atoms with Gasteiger partial charge >= 0.3 is 0 Å². The van der Waals surface area contributed by atoms with Gasteiger partial charge in [-0.1, -0.05) is 41.4 Å². The summed E-state index contributed by atoms with van der Waals surface area (Å²) in [7, 11) is 0. The lowest BCUT2D eigenvalue weighted by Crippen LogP contribution is -2.33. The number of amides is 1. The Kier molecular flexibility index (Phi) is 6.46. The van der Waals surface area contributed by atoms with Crippen molar-refractivity contribution in [2.45, 2.75) is 26.8 Å². The number of benzene rings is 2. The molecule has 0 bridgehead atoms. The van der Waals surface area contributed by atoms with Gasteiger partial charge in [-0.25, -0.2) is 4.98 Å². The van der Waals surface area contributed by atoms with Crippen molar-refractivity contribution in [1.82, 2.24) is 9.55 Å². The number of anilines is 1. The highest BCUT2D eigenvalue weighted by Gasteiger charge is 2.18. The summed E-state index contributed by atoms with van der Waals surface area (Å²) < 4.78 is 1.33. The molecule has 0 radical (unpaired) electrons. The molecular weight excluding hydrogens is 390 g/mol. The molecule has 0 saturated heterocycles. The van der Waals surface area contributed by atoms with E-state index >= 15 is 0 Å². The average Bonchev–Trinajstić information content (AvgIpc) is 2.69. The highest BCUT2D eigenvalue weighted by molar-refractivity contribution is 6.30. The van der Waals surface area contributed by atoms with E-state index in [1.807, 2.05) is 19.1 Å². The van der Waals surface area contributed by atoms with Crippen LogP contribution in [-0.4, -0.2) is 27.2 Å². The molecule has 150 valence electrons. The van der Waals surface area contributed by atoms with Gasteiger partial charge in [0, 0.05) is 40.6 Å². The Bertz CT molecular complexity index is 1090. The van der Waals surface area contributed by atoms with Crippen LogP contribution in [-0.2, 0) is 17.8 Å². The zero-order valence-electron chi connectivity index (χ0n) is 16.3. The van der Waals surface area contributed by atoms with Gasteiger partial charge in [0.25, 0.3) is 5.56 Å². The van der Waals surface area contributed by atoms with Gasteiger partial charge in [-0.3, -0.25) is 14.2 Å². The average molecular weight is 412 g/mol. The van der Waals surface area contributed by atoms with Crippen LogP contribution in [0.25, 0.3) is 11.4 Å². The molecule has 0 aliphatic carbocycles. The number of nitrogens with zero attached hydrogens (tertiary/aromatic N) is 2. The molecule has 0 unspecified atom stereocenters. The van der Waals surface area contributed by atoms with Gasteiger partial charge in [-0.2, -0.15) is 0 Å². The second-order valence-electron chi connectivity index (χ2n) is 6.79. The molecule has 0 saturated carbocycles. The fraction of sp³-hybridized carbons (Fsp3) is 0.227. The van der Waals surface area contributed by atoms with Crippen molar-refractivity contribution in [2.24, 2.45) is 0 Å². The summed E-state index contributed by atoms with van der Waals surface area (Å²) in [5, 5.41) is 12.6. The van der Waals surface area contributed by atoms with Crippen LogP contribution in [0.2, 0.25) is 5.02 Å².